The first kappa shape index (κ1) is 13.6. The van der Waals surface area contributed by atoms with Crippen LogP contribution in [0, 0.1) is 22.7 Å². The maximum atomic E-state index is 9.25. The molecule has 0 unspecified atom stereocenters. The highest BCUT2D eigenvalue weighted by Gasteiger charge is 2.16. The van der Waals surface area contributed by atoms with Crippen LogP contribution in [0.1, 0.15) is 11.3 Å². The van der Waals surface area contributed by atoms with Gasteiger partial charge in [0.15, 0.2) is 5.69 Å². The first-order valence-corrected chi connectivity index (χ1v) is 6.86. The third kappa shape index (κ3) is 1.77. The average Bonchev–Trinajstić information content (AvgIpc) is 2.60. The molecule has 0 fully saturated rings. The van der Waals surface area contributed by atoms with E-state index in [-0.39, 0.29) is 17.1 Å². The van der Waals surface area contributed by atoms with E-state index in [4.69, 9.17) is 11.5 Å². The van der Waals surface area contributed by atoms with E-state index in [2.05, 4.69) is 19.9 Å². The van der Waals surface area contributed by atoms with Crippen molar-refractivity contribution in [1.82, 2.24) is 19.9 Å². The molecule has 3 heterocycles. The van der Waals surface area contributed by atoms with E-state index in [0.29, 0.717) is 38.5 Å². The molecule has 4 aromatic rings. The van der Waals surface area contributed by atoms with E-state index in [0.717, 1.165) is 0 Å². The van der Waals surface area contributed by atoms with Crippen LogP contribution in [0.4, 0.5) is 11.5 Å². The first-order valence-electron chi connectivity index (χ1n) is 6.86. The number of rotatable bonds is 0. The van der Waals surface area contributed by atoms with Crippen molar-refractivity contribution in [2.45, 2.75) is 0 Å². The molecule has 0 aliphatic rings. The predicted octanol–water partition coefficient (Wildman–Crippen LogP) is 1.63. The summed E-state index contributed by atoms with van der Waals surface area (Å²) in [6.45, 7) is 0. The van der Waals surface area contributed by atoms with Crippen LogP contribution < -0.4 is 11.5 Å². The van der Waals surface area contributed by atoms with Crippen LogP contribution in [0.25, 0.3) is 32.8 Å². The minimum Gasteiger partial charge on any atom is -0.397 e. The third-order valence-electron chi connectivity index (χ3n) is 3.68. The van der Waals surface area contributed by atoms with Crippen LogP contribution in [0.15, 0.2) is 24.5 Å². The summed E-state index contributed by atoms with van der Waals surface area (Å²) in [5.74, 6) is 0.250. The van der Waals surface area contributed by atoms with Gasteiger partial charge in [0.05, 0.1) is 29.2 Å². The summed E-state index contributed by atoms with van der Waals surface area (Å²) < 4.78 is 0. The van der Waals surface area contributed by atoms with Gasteiger partial charge in [0.25, 0.3) is 0 Å². The van der Waals surface area contributed by atoms with E-state index in [1.165, 1.54) is 12.4 Å². The van der Waals surface area contributed by atoms with Gasteiger partial charge in [0.2, 0.25) is 0 Å². The van der Waals surface area contributed by atoms with Crippen molar-refractivity contribution in [3.8, 4) is 12.1 Å². The summed E-state index contributed by atoms with van der Waals surface area (Å²) >= 11 is 0. The van der Waals surface area contributed by atoms with Crippen LogP contribution in [-0.2, 0) is 0 Å². The van der Waals surface area contributed by atoms with Crippen LogP contribution in [0.5, 0.6) is 0 Å². The molecule has 0 amide bonds. The van der Waals surface area contributed by atoms with Gasteiger partial charge in [-0.3, -0.25) is 4.98 Å². The minimum absolute atomic E-state index is 0.0275. The van der Waals surface area contributed by atoms with Crippen molar-refractivity contribution < 1.29 is 0 Å². The van der Waals surface area contributed by atoms with Crippen LogP contribution in [-0.4, -0.2) is 19.9 Å². The Hall–Kier alpha value is -4.04. The minimum atomic E-state index is 0.0275. The second-order valence-electron chi connectivity index (χ2n) is 5.16. The van der Waals surface area contributed by atoms with Crippen LogP contribution in [0.3, 0.4) is 0 Å². The van der Waals surface area contributed by atoms with Gasteiger partial charge in [-0.15, -0.1) is 0 Å². The summed E-state index contributed by atoms with van der Waals surface area (Å²) in [5.41, 5.74) is 14.3. The van der Waals surface area contributed by atoms with Crippen molar-refractivity contribution in [2.75, 3.05) is 11.5 Å². The maximum Gasteiger partial charge on any atom is 0.159 e. The number of nitriles is 2. The number of fused-ring (bicyclic) bond motifs is 6. The zero-order chi connectivity index (χ0) is 16.8. The average molecular weight is 312 g/mol. The Morgan fingerprint density at radius 1 is 0.792 bits per heavy atom. The molecule has 1 aromatic carbocycles. The number of nitrogens with zero attached hydrogens (tertiary/aromatic N) is 6. The van der Waals surface area contributed by atoms with Gasteiger partial charge in [-0.2, -0.15) is 10.5 Å². The molecule has 8 nitrogen and oxygen atoms in total. The molecule has 0 bridgehead atoms. The summed E-state index contributed by atoms with van der Waals surface area (Å²) in [5, 5.41) is 19.7. The highest BCUT2D eigenvalue weighted by Crippen LogP contribution is 2.33. The van der Waals surface area contributed by atoms with Crippen molar-refractivity contribution in [2.24, 2.45) is 0 Å². The fraction of sp³-hybridized carbons (Fsp3) is 0. The smallest absolute Gasteiger partial charge is 0.159 e. The van der Waals surface area contributed by atoms with Crippen molar-refractivity contribution >= 4 is 44.3 Å². The Balaban J connectivity index is 2.37. The molecule has 0 aliphatic heterocycles. The van der Waals surface area contributed by atoms with Gasteiger partial charge in [-0.25, -0.2) is 15.0 Å². The van der Waals surface area contributed by atoms with Crippen molar-refractivity contribution in [3.05, 3.63) is 35.8 Å². The van der Waals surface area contributed by atoms with Gasteiger partial charge in [-0.05, 0) is 12.1 Å². The number of benzene rings is 1. The second kappa shape index (κ2) is 4.73. The normalized spacial score (nSPS) is 10.8. The third-order valence-corrected chi connectivity index (χ3v) is 3.68. The largest absolute Gasteiger partial charge is 0.397 e. The lowest BCUT2D eigenvalue weighted by atomic mass is 10.0. The molecule has 0 saturated heterocycles. The van der Waals surface area contributed by atoms with Crippen molar-refractivity contribution in [1.29, 1.82) is 10.5 Å². The van der Waals surface area contributed by atoms with Crippen molar-refractivity contribution in [3.63, 3.8) is 0 Å². The maximum absolute atomic E-state index is 9.25. The predicted molar refractivity (Wildman–Crippen MR) is 88.4 cm³/mol. The standard InChI is InChI=1S/C16H8N8/c17-3-7-1-9-13-10(2-8(19)5-21-13)15-16(22-6-12(20)24-15)14(9)23-11(7)4-18/h1-2,5-6H,19H2,(H2,20,24). The van der Waals surface area contributed by atoms with Gasteiger partial charge in [0.1, 0.15) is 34.5 Å². The first-order chi connectivity index (χ1) is 11.6. The fourth-order valence-corrected chi connectivity index (χ4v) is 2.68. The summed E-state index contributed by atoms with van der Waals surface area (Å²) in [6.07, 6.45) is 2.93. The number of pyridine rings is 2. The van der Waals surface area contributed by atoms with E-state index in [1.54, 1.807) is 12.1 Å². The molecule has 4 N–H and O–H groups in total. The van der Waals surface area contributed by atoms with Crippen LogP contribution in [0.2, 0.25) is 0 Å². The molecule has 24 heavy (non-hydrogen) atoms. The highest BCUT2D eigenvalue weighted by atomic mass is 14.9. The summed E-state index contributed by atoms with van der Waals surface area (Å²) in [6, 6.07) is 7.22. The molecule has 0 saturated carbocycles. The molecule has 112 valence electrons. The molecule has 8 heteroatoms. The Kier molecular flexibility index (Phi) is 2.68. The topological polar surface area (TPSA) is 151 Å². The van der Waals surface area contributed by atoms with Gasteiger partial charge >= 0.3 is 0 Å². The lowest BCUT2D eigenvalue weighted by Crippen LogP contribution is -1.99. The molecule has 0 spiro atoms. The monoisotopic (exact) mass is 312 g/mol. The molecular weight excluding hydrogens is 304 g/mol. The Labute approximate surface area is 135 Å². The molecule has 0 radical (unpaired) electrons. The van der Waals surface area contributed by atoms with E-state index in [9.17, 15) is 10.5 Å². The van der Waals surface area contributed by atoms with E-state index < -0.39 is 0 Å². The lowest BCUT2D eigenvalue weighted by Gasteiger charge is -2.09. The Morgan fingerprint density at radius 2 is 1.50 bits per heavy atom. The number of hydrogen-bond donors (Lipinski definition) is 2. The summed E-state index contributed by atoms with van der Waals surface area (Å²) in [4.78, 5) is 17.3. The number of anilines is 2. The van der Waals surface area contributed by atoms with E-state index >= 15 is 0 Å². The van der Waals surface area contributed by atoms with Gasteiger partial charge < -0.3 is 11.5 Å². The van der Waals surface area contributed by atoms with Gasteiger partial charge in [-0.1, -0.05) is 0 Å². The molecule has 0 atom stereocenters. The highest BCUT2D eigenvalue weighted by molar-refractivity contribution is 6.21. The van der Waals surface area contributed by atoms with Crippen LogP contribution >= 0.6 is 0 Å². The number of nitrogen functional groups attached to an aromatic ring is 2. The van der Waals surface area contributed by atoms with Gasteiger partial charge in [0, 0.05) is 10.8 Å². The second-order valence-corrected chi connectivity index (χ2v) is 5.16. The SMILES string of the molecule is N#Cc1cc2c3ncc(N)cc3c3nc(N)cnc3c2nc1C#N. The molecule has 4 rings (SSSR count). The molecular formula is C16H8N8. The quantitative estimate of drug-likeness (QED) is 0.465. The number of aromatic nitrogens is 4. The summed E-state index contributed by atoms with van der Waals surface area (Å²) in [7, 11) is 0. The lowest BCUT2D eigenvalue weighted by molar-refractivity contribution is 1.27. The van der Waals surface area contributed by atoms with E-state index in [1.807, 2.05) is 12.1 Å². The molecule has 3 aromatic heterocycles. The zero-order valence-electron chi connectivity index (χ0n) is 12.1. The fourth-order valence-electron chi connectivity index (χ4n) is 2.68. The molecule has 0 aliphatic carbocycles. The zero-order valence-corrected chi connectivity index (χ0v) is 12.1. The Bertz CT molecular complexity index is 1150. The number of nitrogens with two attached hydrogens (primary N) is 2. The number of hydrogen-bond acceptors (Lipinski definition) is 8. The Morgan fingerprint density at radius 3 is 2.25 bits per heavy atom.